The fraction of sp³-hybridized carbons (Fsp3) is 0.368. The standard InChI is InChI=1S/C19H23N3O3/c1-11-7-14-15(9-19(2,3)10-16(14)25-11)22-17(23)12-5-4-6-13(8-12)21-18(20)24/h4-8,15H,9-10H2,1-3H3,(H,22,23)(H3,20,21,24)/t15-/m1/s1. The molecule has 0 fully saturated rings. The van der Waals surface area contributed by atoms with Gasteiger partial charge in [0.15, 0.2) is 0 Å². The molecule has 0 spiro atoms. The lowest BCUT2D eigenvalue weighted by atomic mass is 9.74. The van der Waals surface area contributed by atoms with Gasteiger partial charge in [0.1, 0.15) is 11.5 Å². The highest BCUT2D eigenvalue weighted by molar-refractivity contribution is 5.96. The largest absolute Gasteiger partial charge is 0.466 e. The molecule has 0 saturated heterocycles. The second-order valence-corrected chi connectivity index (χ2v) is 7.38. The van der Waals surface area contributed by atoms with Crippen molar-refractivity contribution in [3.8, 4) is 0 Å². The first kappa shape index (κ1) is 17.1. The summed E-state index contributed by atoms with van der Waals surface area (Å²) in [5.74, 6) is 1.61. The summed E-state index contributed by atoms with van der Waals surface area (Å²) in [6.45, 7) is 6.26. The number of hydrogen-bond acceptors (Lipinski definition) is 3. The number of hydrogen-bond donors (Lipinski definition) is 3. The predicted octanol–water partition coefficient (Wildman–Crippen LogP) is 3.52. The second-order valence-electron chi connectivity index (χ2n) is 7.38. The van der Waals surface area contributed by atoms with E-state index in [1.165, 1.54) is 0 Å². The maximum Gasteiger partial charge on any atom is 0.316 e. The molecule has 1 heterocycles. The minimum absolute atomic E-state index is 0.0462. The van der Waals surface area contributed by atoms with Gasteiger partial charge in [-0.1, -0.05) is 19.9 Å². The van der Waals surface area contributed by atoms with Crippen LogP contribution in [0.1, 0.15) is 53.8 Å². The molecule has 6 heteroatoms. The highest BCUT2D eigenvalue weighted by Crippen LogP contribution is 2.42. The first-order chi connectivity index (χ1) is 11.7. The van der Waals surface area contributed by atoms with Crippen molar-refractivity contribution in [3.05, 3.63) is 53.0 Å². The molecule has 2 aromatic rings. The van der Waals surface area contributed by atoms with Crippen molar-refractivity contribution in [1.29, 1.82) is 0 Å². The maximum atomic E-state index is 12.7. The predicted molar refractivity (Wildman–Crippen MR) is 95.4 cm³/mol. The van der Waals surface area contributed by atoms with Crippen molar-refractivity contribution in [2.24, 2.45) is 11.1 Å². The Morgan fingerprint density at radius 2 is 2.04 bits per heavy atom. The van der Waals surface area contributed by atoms with Gasteiger partial charge in [-0.15, -0.1) is 0 Å². The van der Waals surface area contributed by atoms with Crippen molar-refractivity contribution < 1.29 is 14.0 Å². The van der Waals surface area contributed by atoms with E-state index in [0.717, 1.165) is 29.9 Å². The lowest BCUT2D eigenvalue weighted by Crippen LogP contribution is -2.36. The van der Waals surface area contributed by atoms with E-state index in [1.807, 2.05) is 13.0 Å². The highest BCUT2D eigenvalue weighted by Gasteiger charge is 2.35. The summed E-state index contributed by atoms with van der Waals surface area (Å²) in [7, 11) is 0. The summed E-state index contributed by atoms with van der Waals surface area (Å²) in [6.07, 6.45) is 1.70. The van der Waals surface area contributed by atoms with Crippen LogP contribution in [0.15, 0.2) is 34.7 Å². The average molecular weight is 341 g/mol. The molecule has 1 aromatic carbocycles. The van der Waals surface area contributed by atoms with Gasteiger partial charge in [-0.05, 0) is 43.0 Å². The summed E-state index contributed by atoms with van der Waals surface area (Å²) in [6, 6.07) is 7.94. The summed E-state index contributed by atoms with van der Waals surface area (Å²) in [5, 5.41) is 5.58. The SMILES string of the molecule is Cc1cc2c(o1)CC(C)(C)C[C@H]2NC(=O)c1cccc(NC(N)=O)c1. The van der Waals surface area contributed by atoms with Gasteiger partial charge in [0.2, 0.25) is 0 Å². The average Bonchev–Trinajstić information content (AvgIpc) is 2.85. The number of nitrogens with one attached hydrogen (secondary N) is 2. The molecule has 3 rings (SSSR count). The highest BCUT2D eigenvalue weighted by atomic mass is 16.3. The van der Waals surface area contributed by atoms with Crippen LogP contribution < -0.4 is 16.4 Å². The van der Waals surface area contributed by atoms with Crippen LogP contribution in [-0.4, -0.2) is 11.9 Å². The molecule has 4 N–H and O–H groups in total. The topological polar surface area (TPSA) is 97.4 Å². The number of urea groups is 1. The molecule has 1 aliphatic rings. The fourth-order valence-corrected chi connectivity index (χ4v) is 3.44. The number of aryl methyl sites for hydroxylation is 1. The summed E-state index contributed by atoms with van der Waals surface area (Å²) < 4.78 is 5.81. The van der Waals surface area contributed by atoms with Crippen LogP contribution in [-0.2, 0) is 6.42 Å². The minimum atomic E-state index is -0.662. The molecule has 6 nitrogen and oxygen atoms in total. The zero-order valence-electron chi connectivity index (χ0n) is 14.7. The zero-order chi connectivity index (χ0) is 18.2. The lowest BCUT2D eigenvalue weighted by Gasteiger charge is -2.34. The van der Waals surface area contributed by atoms with Gasteiger partial charge in [0, 0.05) is 23.2 Å². The number of rotatable bonds is 3. The van der Waals surface area contributed by atoms with E-state index in [9.17, 15) is 9.59 Å². The normalized spacial score (nSPS) is 18.3. The molecule has 25 heavy (non-hydrogen) atoms. The molecule has 0 unspecified atom stereocenters. The third kappa shape index (κ3) is 3.84. The molecule has 0 radical (unpaired) electrons. The molecule has 0 bridgehead atoms. The maximum absolute atomic E-state index is 12.7. The Labute approximate surface area is 146 Å². The van der Waals surface area contributed by atoms with Crippen molar-refractivity contribution in [2.75, 3.05) is 5.32 Å². The van der Waals surface area contributed by atoms with Gasteiger partial charge in [-0.25, -0.2) is 4.79 Å². The summed E-state index contributed by atoms with van der Waals surface area (Å²) in [5.41, 5.74) is 7.18. The quantitative estimate of drug-likeness (QED) is 0.796. The van der Waals surface area contributed by atoms with E-state index in [1.54, 1.807) is 24.3 Å². The molecule has 3 amide bonds. The molecule has 0 aliphatic heterocycles. The van der Waals surface area contributed by atoms with Crippen molar-refractivity contribution in [2.45, 2.75) is 39.7 Å². The number of anilines is 1. The Morgan fingerprint density at radius 3 is 2.76 bits per heavy atom. The number of furan rings is 1. The molecular weight excluding hydrogens is 318 g/mol. The van der Waals surface area contributed by atoms with Crippen LogP contribution in [0, 0.1) is 12.3 Å². The first-order valence-corrected chi connectivity index (χ1v) is 8.30. The van der Waals surface area contributed by atoms with E-state index >= 15 is 0 Å². The Hall–Kier alpha value is -2.76. The Morgan fingerprint density at radius 1 is 1.28 bits per heavy atom. The molecule has 1 aromatic heterocycles. The summed E-state index contributed by atoms with van der Waals surface area (Å²) >= 11 is 0. The van der Waals surface area contributed by atoms with Crippen LogP contribution >= 0.6 is 0 Å². The van der Waals surface area contributed by atoms with E-state index < -0.39 is 6.03 Å². The minimum Gasteiger partial charge on any atom is -0.466 e. The van der Waals surface area contributed by atoms with Crippen LogP contribution in [0.25, 0.3) is 0 Å². The van der Waals surface area contributed by atoms with Gasteiger partial charge >= 0.3 is 6.03 Å². The van der Waals surface area contributed by atoms with E-state index in [2.05, 4.69) is 24.5 Å². The van der Waals surface area contributed by atoms with E-state index in [4.69, 9.17) is 10.2 Å². The smallest absolute Gasteiger partial charge is 0.316 e. The monoisotopic (exact) mass is 341 g/mol. The Balaban J connectivity index is 1.82. The fourth-order valence-electron chi connectivity index (χ4n) is 3.44. The number of primary amides is 1. The van der Waals surface area contributed by atoms with Crippen LogP contribution in [0.3, 0.4) is 0 Å². The molecule has 1 aliphatic carbocycles. The Bertz CT molecular complexity index is 823. The van der Waals surface area contributed by atoms with Gasteiger partial charge in [0.05, 0.1) is 6.04 Å². The second kappa shape index (κ2) is 6.27. The number of carbonyl (C=O) groups excluding carboxylic acids is 2. The number of benzene rings is 1. The van der Waals surface area contributed by atoms with Gasteiger partial charge in [-0.3, -0.25) is 4.79 Å². The van der Waals surface area contributed by atoms with Crippen molar-refractivity contribution in [3.63, 3.8) is 0 Å². The Kier molecular flexibility index (Phi) is 4.29. The third-order valence-corrected chi connectivity index (χ3v) is 4.43. The van der Waals surface area contributed by atoms with Crippen LogP contribution in [0.5, 0.6) is 0 Å². The van der Waals surface area contributed by atoms with Crippen molar-refractivity contribution >= 4 is 17.6 Å². The summed E-state index contributed by atoms with van der Waals surface area (Å²) in [4.78, 5) is 23.7. The van der Waals surface area contributed by atoms with E-state index in [-0.39, 0.29) is 17.4 Å². The molecular formula is C19H23N3O3. The number of fused-ring (bicyclic) bond motifs is 1. The lowest BCUT2D eigenvalue weighted by molar-refractivity contribution is 0.0917. The number of amides is 3. The number of nitrogens with two attached hydrogens (primary N) is 1. The number of carbonyl (C=O) groups is 2. The zero-order valence-corrected chi connectivity index (χ0v) is 14.7. The van der Waals surface area contributed by atoms with Gasteiger partial charge in [-0.2, -0.15) is 0 Å². The van der Waals surface area contributed by atoms with Crippen LogP contribution in [0.2, 0.25) is 0 Å². The van der Waals surface area contributed by atoms with E-state index in [0.29, 0.717) is 11.3 Å². The van der Waals surface area contributed by atoms with Gasteiger partial charge in [0.25, 0.3) is 5.91 Å². The molecule has 132 valence electrons. The molecule has 0 saturated carbocycles. The third-order valence-electron chi connectivity index (χ3n) is 4.43. The van der Waals surface area contributed by atoms with Crippen molar-refractivity contribution in [1.82, 2.24) is 5.32 Å². The van der Waals surface area contributed by atoms with Crippen LogP contribution in [0.4, 0.5) is 10.5 Å². The first-order valence-electron chi connectivity index (χ1n) is 8.30. The van der Waals surface area contributed by atoms with Gasteiger partial charge < -0.3 is 20.8 Å². The molecule has 1 atom stereocenters.